The molecular weight excluding hydrogens is 454 g/mol. The lowest BCUT2D eigenvalue weighted by atomic mass is 10.2. The first-order chi connectivity index (χ1) is 16.3. The molecule has 1 aromatic carbocycles. The number of carbonyl (C=O) groups excluding carboxylic acids is 1. The first-order valence-electron chi connectivity index (χ1n) is 11.3. The molecule has 0 spiro atoms. The molecule has 0 radical (unpaired) electrons. The fourth-order valence-electron chi connectivity index (χ4n) is 4.30. The molecule has 1 aliphatic rings. The van der Waals surface area contributed by atoms with E-state index in [4.69, 9.17) is 4.42 Å². The van der Waals surface area contributed by atoms with Gasteiger partial charge in [0.1, 0.15) is 17.2 Å². The van der Waals surface area contributed by atoms with Crippen molar-refractivity contribution in [2.75, 3.05) is 33.2 Å². The second kappa shape index (κ2) is 10.1. The quantitative estimate of drug-likeness (QED) is 0.486. The van der Waals surface area contributed by atoms with Crippen LogP contribution < -0.4 is 0 Å². The van der Waals surface area contributed by atoms with Crippen LogP contribution in [0.2, 0.25) is 0 Å². The topological polar surface area (TPSA) is 91.9 Å². The highest BCUT2D eigenvalue weighted by Crippen LogP contribution is 2.24. The average Bonchev–Trinajstić information content (AvgIpc) is 3.42. The molecule has 1 amide bonds. The second-order valence-electron chi connectivity index (χ2n) is 8.64. The fraction of sp³-hybridized carbons (Fsp3) is 0.417. The Bertz CT molecular complexity index is 1210. The monoisotopic (exact) mass is 485 g/mol. The van der Waals surface area contributed by atoms with E-state index >= 15 is 0 Å². The van der Waals surface area contributed by atoms with Crippen LogP contribution >= 0.6 is 0 Å². The van der Waals surface area contributed by atoms with Gasteiger partial charge in [-0.15, -0.1) is 0 Å². The predicted molar refractivity (Wildman–Crippen MR) is 127 cm³/mol. The Labute approximate surface area is 200 Å². The van der Waals surface area contributed by atoms with Crippen LogP contribution in [0.1, 0.15) is 22.7 Å². The van der Waals surface area contributed by atoms with Crippen LogP contribution in [-0.2, 0) is 34.5 Å². The first-order valence-corrected chi connectivity index (χ1v) is 12.8. The van der Waals surface area contributed by atoms with E-state index in [2.05, 4.69) is 22.1 Å². The molecular formula is C24H31N5O4S. The number of furan rings is 1. The van der Waals surface area contributed by atoms with Crippen LogP contribution in [0.3, 0.4) is 0 Å². The number of nitrogens with zero attached hydrogens (tertiary/aromatic N) is 5. The number of rotatable bonds is 8. The van der Waals surface area contributed by atoms with Gasteiger partial charge in [0.25, 0.3) is 0 Å². The van der Waals surface area contributed by atoms with Crippen molar-refractivity contribution in [3.8, 4) is 0 Å². The van der Waals surface area contributed by atoms with Gasteiger partial charge in [-0.3, -0.25) is 14.4 Å². The average molecular weight is 486 g/mol. The molecule has 1 aliphatic heterocycles. The van der Waals surface area contributed by atoms with Gasteiger partial charge >= 0.3 is 0 Å². The molecule has 1 saturated heterocycles. The molecule has 0 unspecified atom stereocenters. The Morgan fingerprint density at radius 3 is 2.41 bits per heavy atom. The molecule has 10 heteroatoms. The van der Waals surface area contributed by atoms with Crippen molar-refractivity contribution in [2.45, 2.75) is 38.4 Å². The molecule has 0 N–H and O–H groups in total. The van der Waals surface area contributed by atoms with E-state index in [0.717, 1.165) is 19.6 Å². The zero-order chi connectivity index (χ0) is 24.3. The van der Waals surface area contributed by atoms with E-state index in [1.807, 2.05) is 23.1 Å². The van der Waals surface area contributed by atoms with Crippen molar-refractivity contribution in [3.05, 3.63) is 71.4 Å². The van der Waals surface area contributed by atoms with E-state index in [-0.39, 0.29) is 23.9 Å². The summed E-state index contributed by atoms with van der Waals surface area (Å²) in [4.78, 5) is 17.3. The van der Waals surface area contributed by atoms with Crippen LogP contribution in [0.5, 0.6) is 0 Å². The van der Waals surface area contributed by atoms with Crippen molar-refractivity contribution in [2.24, 2.45) is 0 Å². The number of benzene rings is 1. The largest absolute Gasteiger partial charge is 0.468 e. The Hall–Kier alpha value is -2.95. The third-order valence-corrected chi connectivity index (χ3v) is 8.26. The summed E-state index contributed by atoms with van der Waals surface area (Å²) in [5.41, 5.74) is 2.10. The summed E-state index contributed by atoms with van der Waals surface area (Å²) in [5, 5.41) is 4.39. The van der Waals surface area contributed by atoms with Gasteiger partial charge in [-0.2, -0.15) is 9.40 Å². The zero-order valence-corrected chi connectivity index (χ0v) is 20.7. The molecule has 0 saturated carbocycles. The summed E-state index contributed by atoms with van der Waals surface area (Å²) in [6.07, 6.45) is 1.51. The number of hydrogen-bond donors (Lipinski definition) is 0. The third kappa shape index (κ3) is 5.24. The van der Waals surface area contributed by atoms with E-state index in [1.54, 1.807) is 26.0 Å². The van der Waals surface area contributed by atoms with E-state index in [0.29, 0.717) is 30.2 Å². The minimum Gasteiger partial charge on any atom is -0.468 e. The fourth-order valence-corrected chi connectivity index (χ4v) is 5.80. The van der Waals surface area contributed by atoms with Gasteiger partial charge in [0.15, 0.2) is 0 Å². The highest BCUT2D eigenvalue weighted by molar-refractivity contribution is 7.89. The van der Waals surface area contributed by atoms with Crippen LogP contribution in [0, 0.1) is 13.8 Å². The molecule has 1 fully saturated rings. The number of aryl methyl sites for hydroxylation is 1. The minimum absolute atomic E-state index is 0.0166. The van der Waals surface area contributed by atoms with Gasteiger partial charge in [0.2, 0.25) is 15.9 Å². The Kier molecular flexibility index (Phi) is 7.20. The predicted octanol–water partition coefficient (Wildman–Crippen LogP) is 2.26. The van der Waals surface area contributed by atoms with Gasteiger partial charge in [0.05, 0.1) is 24.2 Å². The van der Waals surface area contributed by atoms with Crippen molar-refractivity contribution in [1.29, 1.82) is 0 Å². The smallest absolute Gasteiger partial charge is 0.246 e. The maximum atomic E-state index is 13.2. The minimum atomic E-state index is -3.79. The highest BCUT2D eigenvalue weighted by atomic mass is 32.2. The normalized spacial score (nSPS) is 15.2. The van der Waals surface area contributed by atoms with Crippen LogP contribution in [0.15, 0.2) is 58.0 Å². The number of sulfonamides is 1. The summed E-state index contributed by atoms with van der Waals surface area (Å²) in [7, 11) is -2.29. The standard InChI is InChI=1S/C24H31N5O4S/c1-19-24(34(31,32)26(3)17-22-10-7-15-33-22)20(2)29(25-19)18-23(30)28-13-11-27(12-14-28)16-21-8-5-4-6-9-21/h4-10,15H,11-14,16-18H2,1-3H3. The van der Waals surface area contributed by atoms with Crippen LogP contribution in [-0.4, -0.2) is 71.4 Å². The molecule has 2 aromatic heterocycles. The lowest BCUT2D eigenvalue weighted by Crippen LogP contribution is -2.49. The third-order valence-electron chi connectivity index (χ3n) is 6.20. The molecule has 0 bridgehead atoms. The number of amides is 1. The summed E-state index contributed by atoms with van der Waals surface area (Å²) in [6.45, 7) is 7.23. The molecule has 0 atom stereocenters. The summed E-state index contributed by atoms with van der Waals surface area (Å²) < 4.78 is 34.5. The molecule has 4 rings (SSSR count). The number of aromatic nitrogens is 2. The lowest BCUT2D eigenvalue weighted by molar-refractivity contribution is -0.133. The highest BCUT2D eigenvalue weighted by Gasteiger charge is 2.30. The molecule has 34 heavy (non-hydrogen) atoms. The Morgan fingerprint density at radius 1 is 1.06 bits per heavy atom. The maximum Gasteiger partial charge on any atom is 0.246 e. The number of hydrogen-bond acceptors (Lipinski definition) is 6. The van der Waals surface area contributed by atoms with Gasteiger partial charge in [-0.25, -0.2) is 8.42 Å². The summed E-state index contributed by atoms with van der Waals surface area (Å²) in [6, 6.07) is 13.7. The molecule has 9 nitrogen and oxygen atoms in total. The van der Waals surface area contributed by atoms with Crippen molar-refractivity contribution >= 4 is 15.9 Å². The van der Waals surface area contributed by atoms with Gasteiger partial charge in [-0.05, 0) is 31.5 Å². The second-order valence-corrected chi connectivity index (χ2v) is 10.6. The molecule has 3 aromatic rings. The Balaban J connectivity index is 1.39. The van der Waals surface area contributed by atoms with Crippen molar-refractivity contribution < 1.29 is 17.6 Å². The van der Waals surface area contributed by atoms with E-state index < -0.39 is 10.0 Å². The van der Waals surface area contributed by atoms with Crippen molar-refractivity contribution in [1.82, 2.24) is 23.9 Å². The summed E-state index contributed by atoms with van der Waals surface area (Å²) in [5.74, 6) is 0.494. The van der Waals surface area contributed by atoms with E-state index in [9.17, 15) is 13.2 Å². The van der Waals surface area contributed by atoms with E-state index in [1.165, 1.54) is 27.9 Å². The SMILES string of the molecule is Cc1nn(CC(=O)N2CCN(Cc3ccccc3)CC2)c(C)c1S(=O)(=O)N(C)Cc1ccco1. The zero-order valence-electron chi connectivity index (χ0n) is 19.8. The Morgan fingerprint density at radius 2 is 1.76 bits per heavy atom. The van der Waals surface area contributed by atoms with Crippen molar-refractivity contribution in [3.63, 3.8) is 0 Å². The van der Waals surface area contributed by atoms with Gasteiger partial charge in [-0.1, -0.05) is 30.3 Å². The number of carbonyl (C=O) groups is 1. The van der Waals surface area contributed by atoms with Gasteiger partial charge in [0, 0.05) is 39.8 Å². The molecule has 0 aliphatic carbocycles. The molecule has 3 heterocycles. The molecule has 182 valence electrons. The number of piperazine rings is 1. The van der Waals surface area contributed by atoms with Gasteiger partial charge < -0.3 is 9.32 Å². The summed E-state index contributed by atoms with van der Waals surface area (Å²) >= 11 is 0. The maximum absolute atomic E-state index is 13.2. The first kappa shape index (κ1) is 24.2. The van der Waals surface area contributed by atoms with Crippen LogP contribution in [0.25, 0.3) is 0 Å². The van der Waals surface area contributed by atoms with Crippen LogP contribution in [0.4, 0.5) is 0 Å². The lowest BCUT2D eigenvalue weighted by Gasteiger charge is -2.34.